The molecule has 1 fully saturated rings. The zero-order valence-corrected chi connectivity index (χ0v) is 18.2. The first-order chi connectivity index (χ1) is 15.5. The predicted octanol–water partition coefficient (Wildman–Crippen LogP) is 4.36. The van der Waals surface area contributed by atoms with Gasteiger partial charge in [-0.05, 0) is 56.5 Å². The van der Waals surface area contributed by atoms with Crippen molar-refractivity contribution in [3.05, 3.63) is 53.9 Å². The number of rotatable bonds is 10. The fraction of sp³-hybridized carbons (Fsp3) is 0.333. The van der Waals surface area contributed by atoms with Gasteiger partial charge in [0.1, 0.15) is 5.82 Å². The molecule has 4 rings (SSSR count). The lowest BCUT2D eigenvalue weighted by molar-refractivity contribution is -0.116. The standard InChI is InChI=1S/C24H26N4O4/c1-15(29)17-10-11-20(21(14-17)31-2)32-12-4-7-22(30)25-19-6-3-5-18(13-19)24-26-23(27-28-24)16-8-9-16/h3,5-6,10-11,13-14,16H,4,7-9,12H2,1-2H3,(H,25,30)(H,26,27,28). The smallest absolute Gasteiger partial charge is 0.224 e. The number of carbonyl (C=O) groups is 2. The van der Waals surface area contributed by atoms with E-state index in [1.54, 1.807) is 18.2 Å². The highest BCUT2D eigenvalue weighted by Gasteiger charge is 2.27. The normalized spacial score (nSPS) is 12.9. The Hall–Kier alpha value is -3.68. The van der Waals surface area contributed by atoms with Crippen LogP contribution in [0, 0.1) is 0 Å². The van der Waals surface area contributed by atoms with Gasteiger partial charge in [0.2, 0.25) is 5.91 Å². The van der Waals surface area contributed by atoms with E-state index in [0.717, 1.165) is 24.2 Å². The Morgan fingerprint density at radius 3 is 2.75 bits per heavy atom. The van der Waals surface area contributed by atoms with Crippen molar-refractivity contribution < 1.29 is 19.1 Å². The highest BCUT2D eigenvalue weighted by Crippen LogP contribution is 2.38. The third kappa shape index (κ3) is 5.32. The topological polar surface area (TPSA) is 106 Å². The maximum atomic E-state index is 12.3. The lowest BCUT2D eigenvalue weighted by Crippen LogP contribution is -2.13. The van der Waals surface area contributed by atoms with E-state index in [4.69, 9.17) is 9.47 Å². The maximum Gasteiger partial charge on any atom is 0.224 e. The number of anilines is 1. The molecular formula is C24H26N4O4. The SMILES string of the molecule is COc1cc(C(C)=O)ccc1OCCCC(=O)Nc1cccc(-c2n[nH]c(C3CC3)n2)c1. The van der Waals surface area contributed by atoms with Crippen molar-refractivity contribution in [3.8, 4) is 22.9 Å². The molecule has 0 spiro atoms. The van der Waals surface area contributed by atoms with Gasteiger partial charge in [-0.15, -0.1) is 0 Å². The van der Waals surface area contributed by atoms with Gasteiger partial charge in [-0.2, -0.15) is 5.10 Å². The van der Waals surface area contributed by atoms with Crippen molar-refractivity contribution in [3.63, 3.8) is 0 Å². The number of nitrogens with zero attached hydrogens (tertiary/aromatic N) is 2. The number of amides is 1. The second kappa shape index (κ2) is 9.64. The molecule has 3 aromatic rings. The Morgan fingerprint density at radius 1 is 1.16 bits per heavy atom. The van der Waals surface area contributed by atoms with E-state index < -0.39 is 0 Å². The number of aromatic amines is 1. The van der Waals surface area contributed by atoms with Crippen LogP contribution in [0.15, 0.2) is 42.5 Å². The monoisotopic (exact) mass is 434 g/mol. The number of nitrogens with one attached hydrogen (secondary N) is 2. The van der Waals surface area contributed by atoms with Crippen LogP contribution >= 0.6 is 0 Å². The molecule has 0 unspecified atom stereocenters. The molecule has 8 heteroatoms. The summed E-state index contributed by atoms with van der Waals surface area (Å²) in [6.07, 6.45) is 3.16. The number of aromatic nitrogens is 3. The summed E-state index contributed by atoms with van der Waals surface area (Å²) in [5.74, 6) is 2.98. The molecule has 166 valence electrons. The molecule has 0 saturated heterocycles. The quantitative estimate of drug-likeness (QED) is 0.363. The highest BCUT2D eigenvalue weighted by atomic mass is 16.5. The summed E-state index contributed by atoms with van der Waals surface area (Å²) in [5, 5.41) is 10.2. The van der Waals surface area contributed by atoms with Gasteiger partial charge in [-0.1, -0.05) is 12.1 Å². The van der Waals surface area contributed by atoms with Gasteiger partial charge in [0, 0.05) is 29.2 Å². The zero-order chi connectivity index (χ0) is 22.5. The fourth-order valence-electron chi connectivity index (χ4n) is 3.32. The molecule has 8 nitrogen and oxygen atoms in total. The third-order valence-electron chi connectivity index (χ3n) is 5.25. The molecule has 32 heavy (non-hydrogen) atoms. The van der Waals surface area contributed by atoms with Gasteiger partial charge in [0.25, 0.3) is 0 Å². The first-order valence-electron chi connectivity index (χ1n) is 10.7. The Balaban J connectivity index is 1.27. The molecule has 1 aromatic heterocycles. The molecular weight excluding hydrogens is 408 g/mol. The van der Waals surface area contributed by atoms with E-state index in [1.807, 2.05) is 24.3 Å². The van der Waals surface area contributed by atoms with Crippen LogP contribution in [0.5, 0.6) is 11.5 Å². The van der Waals surface area contributed by atoms with E-state index in [1.165, 1.54) is 14.0 Å². The van der Waals surface area contributed by atoms with Gasteiger partial charge >= 0.3 is 0 Å². The number of methoxy groups -OCH3 is 1. The molecule has 0 radical (unpaired) electrons. The van der Waals surface area contributed by atoms with Crippen LogP contribution in [0.4, 0.5) is 5.69 Å². The van der Waals surface area contributed by atoms with Crippen LogP contribution in [-0.2, 0) is 4.79 Å². The number of hydrogen-bond acceptors (Lipinski definition) is 6. The molecule has 0 aliphatic heterocycles. The molecule has 0 atom stereocenters. The van der Waals surface area contributed by atoms with Gasteiger partial charge < -0.3 is 14.8 Å². The van der Waals surface area contributed by atoms with Gasteiger partial charge in [0.05, 0.1) is 13.7 Å². The van der Waals surface area contributed by atoms with Crippen LogP contribution in [0.25, 0.3) is 11.4 Å². The van der Waals surface area contributed by atoms with Crippen LogP contribution in [0.1, 0.15) is 54.7 Å². The zero-order valence-electron chi connectivity index (χ0n) is 18.2. The minimum absolute atomic E-state index is 0.0398. The van der Waals surface area contributed by atoms with Crippen molar-refractivity contribution >= 4 is 17.4 Å². The lowest BCUT2D eigenvalue weighted by Gasteiger charge is -2.11. The van der Waals surface area contributed by atoms with Crippen molar-refractivity contribution in [2.24, 2.45) is 0 Å². The minimum atomic E-state index is -0.0988. The van der Waals surface area contributed by atoms with E-state index in [0.29, 0.717) is 53.9 Å². The molecule has 0 bridgehead atoms. The molecule has 1 aliphatic rings. The first kappa shape index (κ1) is 21.5. The molecule has 1 aliphatic carbocycles. The number of ether oxygens (including phenoxy) is 2. The van der Waals surface area contributed by atoms with Crippen molar-refractivity contribution in [2.75, 3.05) is 19.0 Å². The maximum absolute atomic E-state index is 12.3. The van der Waals surface area contributed by atoms with Crippen LogP contribution < -0.4 is 14.8 Å². The number of benzene rings is 2. The van der Waals surface area contributed by atoms with Crippen molar-refractivity contribution in [2.45, 2.75) is 38.5 Å². The highest BCUT2D eigenvalue weighted by molar-refractivity contribution is 5.94. The van der Waals surface area contributed by atoms with E-state index in [9.17, 15) is 9.59 Å². The summed E-state index contributed by atoms with van der Waals surface area (Å²) in [5.41, 5.74) is 2.12. The van der Waals surface area contributed by atoms with Gasteiger partial charge in [0.15, 0.2) is 23.1 Å². The molecule has 2 aromatic carbocycles. The fourth-order valence-corrected chi connectivity index (χ4v) is 3.32. The Labute approximate surface area is 186 Å². The van der Waals surface area contributed by atoms with Crippen molar-refractivity contribution in [1.29, 1.82) is 0 Å². The number of ketones is 1. The second-order valence-electron chi connectivity index (χ2n) is 7.82. The number of Topliss-reactive ketones (excluding diaryl/α,β-unsaturated/α-hetero) is 1. The van der Waals surface area contributed by atoms with Crippen molar-refractivity contribution in [1.82, 2.24) is 15.2 Å². The van der Waals surface area contributed by atoms with Crippen LogP contribution in [0.3, 0.4) is 0 Å². The molecule has 1 saturated carbocycles. The number of H-pyrrole nitrogens is 1. The first-order valence-corrected chi connectivity index (χ1v) is 10.7. The van der Waals surface area contributed by atoms with E-state index in [-0.39, 0.29) is 11.7 Å². The van der Waals surface area contributed by atoms with E-state index >= 15 is 0 Å². The van der Waals surface area contributed by atoms with Gasteiger partial charge in [-0.3, -0.25) is 14.7 Å². The summed E-state index contributed by atoms with van der Waals surface area (Å²) in [4.78, 5) is 28.4. The Morgan fingerprint density at radius 2 is 2.00 bits per heavy atom. The number of carbonyl (C=O) groups excluding carboxylic acids is 2. The summed E-state index contributed by atoms with van der Waals surface area (Å²) >= 11 is 0. The third-order valence-corrected chi connectivity index (χ3v) is 5.25. The van der Waals surface area contributed by atoms with E-state index in [2.05, 4.69) is 20.5 Å². The number of hydrogen-bond donors (Lipinski definition) is 2. The molecule has 1 amide bonds. The Kier molecular flexibility index (Phi) is 6.49. The lowest BCUT2D eigenvalue weighted by atomic mass is 10.1. The average molecular weight is 434 g/mol. The van der Waals surface area contributed by atoms with Crippen LogP contribution in [0.2, 0.25) is 0 Å². The summed E-state index contributed by atoms with van der Waals surface area (Å²) in [7, 11) is 1.53. The largest absolute Gasteiger partial charge is 0.493 e. The second-order valence-corrected chi connectivity index (χ2v) is 7.82. The predicted molar refractivity (Wildman–Crippen MR) is 120 cm³/mol. The van der Waals surface area contributed by atoms with Gasteiger partial charge in [-0.25, -0.2) is 4.98 Å². The summed E-state index contributed by atoms with van der Waals surface area (Å²) in [6.45, 7) is 1.85. The average Bonchev–Trinajstić information content (AvgIpc) is 3.53. The molecule has 1 heterocycles. The minimum Gasteiger partial charge on any atom is -0.493 e. The summed E-state index contributed by atoms with van der Waals surface area (Å²) in [6, 6.07) is 12.6. The van der Waals surface area contributed by atoms with Crippen LogP contribution in [-0.4, -0.2) is 40.6 Å². The summed E-state index contributed by atoms with van der Waals surface area (Å²) < 4.78 is 11.0. The molecule has 2 N–H and O–H groups in total. The Bertz CT molecular complexity index is 1120.